The van der Waals surface area contributed by atoms with Gasteiger partial charge in [0.25, 0.3) is 0 Å². The molecule has 0 aromatic rings. The Morgan fingerprint density at radius 1 is 1.39 bits per heavy atom. The average molecular weight is 269 g/mol. The summed E-state index contributed by atoms with van der Waals surface area (Å²) in [5.74, 6) is 1.92. The van der Waals surface area contributed by atoms with E-state index in [0.29, 0.717) is 12.0 Å². The number of hydrogen-bond donors (Lipinski definition) is 1. The van der Waals surface area contributed by atoms with Crippen LogP contribution in [0.3, 0.4) is 0 Å². The molecule has 2 fully saturated rings. The molecule has 1 aliphatic carbocycles. The van der Waals surface area contributed by atoms with Crippen LogP contribution in [-0.2, 0) is 0 Å². The van der Waals surface area contributed by atoms with Crippen LogP contribution in [-0.4, -0.2) is 47.5 Å². The van der Waals surface area contributed by atoms with Gasteiger partial charge >= 0.3 is 0 Å². The number of aliphatic imine (C=N–C) groups is 1. The van der Waals surface area contributed by atoms with Gasteiger partial charge in [0.15, 0.2) is 5.17 Å². The molecule has 1 saturated carbocycles. The molecule has 0 aromatic heterocycles. The Kier molecular flexibility index (Phi) is 5.37. The Bertz CT molecular complexity index is 287. The minimum absolute atomic E-state index is 0.621. The summed E-state index contributed by atoms with van der Waals surface area (Å²) < 4.78 is 0. The second-order valence-corrected chi connectivity index (χ2v) is 6.76. The normalized spacial score (nSPS) is 26.9. The summed E-state index contributed by atoms with van der Waals surface area (Å²) >= 11 is 1.89. The molecule has 0 radical (unpaired) electrons. The minimum atomic E-state index is 0.621. The van der Waals surface area contributed by atoms with Crippen LogP contribution in [0.25, 0.3) is 0 Å². The summed E-state index contributed by atoms with van der Waals surface area (Å²) in [6.07, 6.45) is 4.06. The molecule has 0 bridgehead atoms. The molecule has 1 unspecified atom stereocenters. The van der Waals surface area contributed by atoms with Gasteiger partial charge in [-0.15, -0.1) is 0 Å². The van der Waals surface area contributed by atoms with E-state index in [2.05, 4.69) is 31.0 Å². The van der Waals surface area contributed by atoms with Gasteiger partial charge in [-0.05, 0) is 31.7 Å². The topological polar surface area (TPSA) is 27.6 Å². The van der Waals surface area contributed by atoms with E-state index in [9.17, 15) is 0 Å². The third-order valence-corrected chi connectivity index (χ3v) is 4.85. The Hall–Kier alpha value is -0.220. The van der Waals surface area contributed by atoms with Gasteiger partial charge in [-0.2, -0.15) is 0 Å². The molecule has 0 amide bonds. The fourth-order valence-corrected chi connectivity index (χ4v) is 3.45. The largest absolute Gasteiger partial charge is 0.362 e. The fraction of sp³-hybridized carbons (Fsp3) is 0.929. The predicted molar refractivity (Wildman–Crippen MR) is 81.4 cm³/mol. The minimum Gasteiger partial charge on any atom is -0.362 e. The first-order valence-corrected chi connectivity index (χ1v) is 8.37. The third-order valence-electron chi connectivity index (χ3n) is 3.89. The van der Waals surface area contributed by atoms with Crippen molar-refractivity contribution >= 4 is 16.9 Å². The summed E-state index contributed by atoms with van der Waals surface area (Å²) in [6.45, 7) is 10.1. The van der Waals surface area contributed by atoms with Crippen molar-refractivity contribution in [3.8, 4) is 0 Å². The number of nitrogens with zero attached hydrogens (tertiary/aromatic N) is 2. The Balaban J connectivity index is 1.74. The van der Waals surface area contributed by atoms with Crippen LogP contribution in [0, 0.1) is 5.92 Å². The summed E-state index contributed by atoms with van der Waals surface area (Å²) in [7, 11) is 0. The molecular formula is C14H27N3S. The van der Waals surface area contributed by atoms with Gasteiger partial charge in [0.1, 0.15) is 0 Å². The first kappa shape index (κ1) is 14.2. The van der Waals surface area contributed by atoms with E-state index < -0.39 is 0 Å². The quantitative estimate of drug-likeness (QED) is 0.803. The first-order chi connectivity index (χ1) is 8.70. The lowest BCUT2D eigenvalue weighted by Gasteiger charge is -2.28. The van der Waals surface area contributed by atoms with Gasteiger partial charge in [-0.25, -0.2) is 0 Å². The highest BCUT2D eigenvalue weighted by Gasteiger charge is 2.27. The number of hydrogen-bond acceptors (Lipinski definition) is 3. The Morgan fingerprint density at radius 3 is 2.78 bits per heavy atom. The lowest BCUT2D eigenvalue weighted by molar-refractivity contribution is 0.286. The van der Waals surface area contributed by atoms with Crippen molar-refractivity contribution < 1.29 is 0 Å². The molecule has 0 aromatic carbocycles. The number of rotatable bonds is 6. The second-order valence-electron chi connectivity index (χ2n) is 5.68. The number of thioether (sulfide) groups is 1. The van der Waals surface area contributed by atoms with Crippen LogP contribution < -0.4 is 5.32 Å². The molecule has 1 aliphatic heterocycles. The zero-order valence-electron chi connectivity index (χ0n) is 12.0. The number of amidine groups is 1. The van der Waals surface area contributed by atoms with Gasteiger partial charge in [-0.1, -0.05) is 32.5 Å². The number of nitrogens with one attached hydrogen (secondary N) is 1. The maximum atomic E-state index is 4.74. The molecule has 104 valence electrons. The van der Waals surface area contributed by atoms with Crippen LogP contribution in [0.15, 0.2) is 4.99 Å². The Labute approximate surface area is 116 Å². The zero-order valence-corrected chi connectivity index (χ0v) is 12.8. The molecule has 1 saturated heterocycles. The summed E-state index contributed by atoms with van der Waals surface area (Å²) in [4.78, 5) is 7.31. The van der Waals surface area contributed by atoms with Crippen LogP contribution in [0.2, 0.25) is 0 Å². The highest BCUT2D eigenvalue weighted by molar-refractivity contribution is 8.13. The van der Waals surface area contributed by atoms with Crippen LogP contribution in [0.4, 0.5) is 0 Å². The molecule has 18 heavy (non-hydrogen) atoms. The van der Waals surface area contributed by atoms with E-state index >= 15 is 0 Å². The predicted octanol–water partition coefficient (Wildman–Crippen LogP) is 2.58. The molecule has 4 heteroatoms. The van der Waals surface area contributed by atoms with Crippen LogP contribution in [0.5, 0.6) is 0 Å². The molecule has 1 heterocycles. The maximum absolute atomic E-state index is 4.74. The van der Waals surface area contributed by atoms with Crippen molar-refractivity contribution in [2.45, 2.75) is 52.1 Å². The van der Waals surface area contributed by atoms with E-state index in [1.54, 1.807) is 0 Å². The number of likely N-dealkylation sites (N-methyl/N-ethyl adjacent to an activating group) is 1. The van der Waals surface area contributed by atoms with Gasteiger partial charge in [-0.3, -0.25) is 9.89 Å². The van der Waals surface area contributed by atoms with Gasteiger partial charge in [0, 0.05) is 24.4 Å². The first-order valence-electron chi connectivity index (χ1n) is 7.38. The summed E-state index contributed by atoms with van der Waals surface area (Å²) in [6, 6.07) is 1.49. The smallest absolute Gasteiger partial charge is 0.156 e. The second kappa shape index (κ2) is 6.80. The fourth-order valence-electron chi connectivity index (χ4n) is 2.46. The molecule has 3 nitrogen and oxygen atoms in total. The van der Waals surface area contributed by atoms with Crippen LogP contribution in [0.1, 0.15) is 40.0 Å². The van der Waals surface area contributed by atoms with Crippen molar-refractivity contribution in [1.29, 1.82) is 0 Å². The van der Waals surface area contributed by atoms with Gasteiger partial charge in [0.2, 0.25) is 0 Å². The molecule has 2 aliphatic rings. The lowest BCUT2D eigenvalue weighted by Crippen LogP contribution is -2.41. The average Bonchev–Trinajstić information content (AvgIpc) is 3.19. The van der Waals surface area contributed by atoms with Gasteiger partial charge in [0.05, 0.1) is 6.54 Å². The monoisotopic (exact) mass is 269 g/mol. The summed E-state index contributed by atoms with van der Waals surface area (Å²) in [5, 5.41) is 4.76. The van der Waals surface area contributed by atoms with E-state index in [4.69, 9.17) is 4.99 Å². The molecule has 2 rings (SSSR count). The highest BCUT2D eigenvalue weighted by atomic mass is 32.2. The molecular weight excluding hydrogens is 242 g/mol. The van der Waals surface area contributed by atoms with Crippen molar-refractivity contribution in [2.24, 2.45) is 10.9 Å². The molecule has 1 N–H and O–H groups in total. The standard InChI is InChI=1S/C14H27N3S/c1-4-17(12-5-6-12)9-8-15-14-16-13(11(2)3)7-10-18-14/h11-13H,4-10H2,1-3H3,(H,15,16). The van der Waals surface area contributed by atoms with Crippen LogP contribution >= 0.6 is 11.8 Å². The van der Waals surface area contributed by atoms with Crippen molar-refractivity contribution in [1.82, 2.24) is 10.2 Å². The van der Waals surface area contributed by atoms with Crippen molar-refractivity contribution in [3.05, 3.63) is 0 Å². The Morgan fingerprint density at radius 2 is 2.17 bits per heavy atom. The SMILES string of the molecule is CCN(CCN=C1NC(C(C)C)CCS1)C1CC1. The van der Waals surface area contributed by atoms with Gasteiger partial charge < -0.3 is 5.32 Å². The van der Waals surface area contributed by atoms with E-state index in [1.807, 2.05) is 11.8 Å². The molecule has 0 spiro atoms. The van der Waals surface area contributed by atoms with E-state index in [1.165, 1.54) is 36.7 Å². The van der Waals surface area contributed by atoms with Crippen molar-refractivity contribution in [3.63, 3.8) is 0 Å². The molecule has 1 atom stereocenters. The maximum Gasteiger partial charge on any atom is 0.156 e. The van der Waals surface area contributed by atoms with E-state index in [-0.39, 0.29) is 0 Å². The zero-order chi connectivity index (χ0) is 13.0. The summed E-state index contributed by atoms with van der Waals surface area (Å²) in [5.41, 5.74) is 0. The highest BCUT2D eigenvalue weighted by Crippen LogP contribution is 2.26. The third kappa shape index (κ3) is 4.16. The lowest BCUT2D eigenvalue weighted by atomic mass is 10.0. The van der Waals surface area contributed by atoms with Crippen molar-refractivity contribution in [2.75, 3.05) is 25.4 Å². The van der Waals surface area contributed by atoms with E-state index in [0.717, 1.165) is 19.1 Å².